The van der Waals surface area contributed by atoms with E-state index in [9.17, 15) is 8.42 Å². The number of guanidine groups is 1. The topological polar surface area (TPSA) is 73.8 Å². The molecule has 1 rings (SSSR count). The van der Waals surface area contributed by atoms with Gasteiger partial charge in [-0.2, -0.15) is 0 Å². The average Bonchev–Trinajstić information content (AvgIpc) is 2.53. The van der Waals surface area contributed by atoms with Crippen LogP contribution in [0.1, 0.15) is 52.9 Å². The van der Waals surface area contributed by atoms with Crippen LogP contribution in [0.5, 0.6) is 0 Å². The predicted molar refractivity (Wildman–Crippen MR) is 102 cm³/mol. The van der Waals surface area contributed by atoms with E-state index in [-0.39, 0.29) is 11.5 Å². The highest BCUT2D eigenvalue weighted by Crippen LogP contribution is 2.05. The monoisotopic (exact) mass is 360 g/mol. The molecule has 0 aromatic heterocycles. The molecule has 1 aliphatic rings. The molecule has 2 N–H and O–H groups in total. The van der Waals surface area contributed by atoms with Gasteiger partial charge in [-0.1, -0.05) is 32.6 Å². The maximum atomic E-state index is 11.4. The lowest BCUT2D eigenvalue weighted by Gasteiger charge is -2.26. The number of nitrogens with one attached hydrogen (secondary N) is 2. The molecule has 0 spiro atoms. The largest absolute Gasteiger partial charge is 0.357 e. The van der Waals surface area contributed by atoms with Crippen LogP contribution in [0.25, 0.3) is 0 Å². The Labute approximate surface area is 148 Å². The molecule has 0 bridgehead atoms. The fraction of sp³-hybridized carbons (Fsp3) is 0.941. The zero-order chi connectivity index (χ0) is 17.8. The Balaban J connectivity index is 2.31. The van der Waals surface area contributed by atoms with Crippen LogP contribution in [0.2, 0.25) is 0 Å². The summed E-state index contributed by atoms with van der Waals surface area (Å²) >= 11 is 0. The number of aliphatic imine (C=N–C) groups is 1. The third-order valence-corrected chi connectivity index (χ3v) is 5.95. The summed E-state index contributed by atoms with van der Waals surface area (Å²) in [6, 6.07) is 0.416. The van der Waals surface area contributed by atoms with Crippen LogP contribution in [0.4, 0.5) is 0 Å². The van der Waals surface area contributed by atoms with E-state index >= 15 is 0 Å². The van der Waals surface area contributed by atoms with Gasteiger partial charge in [0.1, 0.15) is 0 Å². The van der Waals surface area contributed by atoms with Crippen molar-refractivity contribution in [1.29, 1.82) is 0 Å². The van der Waals surface area contributed by atoms with E-state index in [0.717, 1.165) is 25.5 Å². The minimum atomic E-state index is -2.80. The van der Waals surface area contributed by atoms with Crippen molar-refractivity contribution >= 4 is 15.8 Å². The van der Waals surface area contributed by atoms with Crippen LogP contribution in [-0.4, -0.2) is 69.5 Å². The number of sulfone groups is 1. The first kappa shape index (κ1) is 21.2. The van der Waals surface area contributed by atoms with Crippen molar-refractivity contribution in [2.24, 2.45) is 4.99 Å². The van der Waals surface area contributed by atoms with Crippen LogP contribution in [0, 0.1) is 0 Å². The second-order valence-electron chi connectivity index (χ2n) is 6.65. The SMILES string of the molecule is CCCCCCC(C)NC(=NCCN1CCS(=O)(=O)CC1)NCC. The lowest BCUT2D eigenvalue weighted by atomic mass is 10.1. The Morgan fingerprint density at radius 3 is 2.50 bits per heavy atom. The van der Waals surface area contributed by atoms with Gasteiger partial charge in [0.15, 0.2) is 15.8 Å². The molecular formula is C17H36N4O2S. The molecule has 1 aliphatic heterocycles. The molecule has 0 aliphatic carbocycles. The van der Waals surface area contributed by atoms with Crippen LogP contribution in [0.15, 0.2) is 4.99 Å². The molecule has 7 heteroatoms. The Bertz CT molecular complexity index is 451. The molecule has 1 saturated heterocycles. The van der Waals surface area contributed by atoms with Gasteiger partial charge < -0.3 is 10.6 Å². The summed E-state index contributed by atoms with van der Waals surface area (Å²) in [5.41, 5.74) is 0. The fourth-order valence-electron chi connectivity index (χ4n) is 2.78. The first-order chi connectivity index (χ1) is 11.5. The van der Waals surface area contributed by atoms with Gasteiger partial charge in [0.25, 0.3) is 0 Å². The zero-order valence-corrected chi connectivity index (χ0v) is 16.5. The molecule has 1 fully saturated rings. The Morgan fingerprint density at radius 1 is 1.17 bits per heavy atom. The second kappa shape index (κ2) is 11.7. The zero-order valence-electron chi connectivity index (χ0n) is 15.7. The van der Waals surface area contributed by atoms with E-state index < -0.39 is 9.84 Å². The molecule has 0 aromatic carbocycles. The van der Waals surface area contributed by atoms with Crippen molar-refractivity contribution in [3.05, 3.63) is 0 Å². The lowest BCUT2D eigenvalue weighted by molar-refractivity contribution is 0.304. The molecule has 1 atom stereocenters. The second-order valence-corrected chi connectivity index (χ2v) is 8.95. The van der Waals surface area contributed by atoms with Crippen LogP contribution >= 0.6 is 0 Å². The minimum Gasteiger partial charge on any atom is -0.357 e. The minimum absolute atomic E-state index is 0.282. The lowest BCUT2D eigenvalue weighted by Crippen LogP contribution is -2.44. The van der Waals surface area contributed by atoms with E-state index in [1.807, 2.05) is 0 Å². The van der Waals surface area contributed by atoms with E-state index in [1.165, 1.54) is 25.7 Å². The van der Waals surface area contributed by atoms with Gasteiger partial charge >= 0.3 is 0 Å². The number of rotatable bonds is 10. The molecular weight excluding hydrogens is 324 g/mol. The van der Waals surface area contributed by atoms with Crippen LogP contribution < -0.4 is 10.6 Å². The summed E-state index contributed by atoms with van der Waals surface area (Å²) in [4.78, 5) is 6.81. The molecule has 0 amide bonds. The quantitative estimate of drug-likeness (QED) is 0.352. The summed E-state index contributed by atoms with van der Waals surface area (Å²) < 4.78 is 22.9. The Kier molecular flexibility index (Phi) is 10.3. The molecule has 142 valence electrons. The van der Waals surface area contributed by atoms with Crippen LogP contribution in [-0.2, 0) is 9.84 Å². The first-order valence-electron chi connectivity index (χ1n) is 9.44. The van der Waals surface area contributed by atoms with Crippen molar-refractivity contribution < 1.29 is 8.42 Å². The molecule has 1 heterocycles. The number of nitrogens with zero attached hydrogens (tertiary/aromatic N) is 2. The summed E-state index contributed by atoms with van der Waals surface area (Å²) in [6.07, 6.45) is 6.29. The fourth-order valence-corrected chi connectivity index (χ4v) is 4.06. The maximum absolute atomic E-state index is 11.4. The van der Waals surface area contributed by atoms with Crippen molar-refractivity contribution in [2.45, 2.75) is 58.9 Å². The predicted octanol–water partition coefficient (Wildman–Crippen LogP) is 1.63. The van der Waals surface area contributed by atoms with Crippen molar-refractivity contribution in [1.82, 2.24) is 15.5 Å². The van der Waals surface area contributed by atoms with Crippen molar-refractivity contribution in [3.63, 3.8) is 0 Å². The highest BCUT2D eigenvalue weighted by molar-refractivity contribution is 7.91. The van der Waals surface area contributed by atoms with Crippen molar-refractivity contribution in [3.8, 4) is 0 Å². The average molecular weight is 361 g/mol. The normalized spacial score (nSPS) is 19.9. The van der Waals surface area contributed by atoms with Gasteiger partial charge in [0.05, 0.1) is 18.1 Å². The maximum Gasteiger partial charge on any atom is 0.191 e. The smallest absolute Gasteiger partial charge is 0.191 e. The first-order valence-corrected chi connectivity index (χ1v) is 11.3. The van der Waals surface area contributed by atoms with Gasteiger partial charge in [-0.3, -0.25) is 9.89 Å². The molecule has 0 radical (unpaired) electrons. The van der Waals surface area contributed by atoms with Gasteiger partial charge in [-0.05, 0) is 20.3 Å². The summed E-state index contributed by atoms with van der Waals surface area (Å²) in [6.45, 7) is 10.1. The molecule has 24 heavy (non-hydrogen) atoms. The van der Waals surface area contributed by atoms with Crippen molar-refractivity contribution in [2.75, 3.05) is 44.2 Å². The van der Waals surface area contributed by atoms with E-state index in [0.29, 0.717) is 25.7 Å². The molecule has 6 nitrogen and oxygen atoms in total. The third kappa shape index (κ3) is 9.47. The highest BCUT2D eigenvalue weighted by Gasteiger charge is 2.20. The molecule has 0 aromatic rings. The number of hydrogen-bond donors (Lipinski definition) is 2. The highest BCUT2D eigenvalue weighted by atomic mass is 32.2. The summed E-state index contributed by atoms with van der Waals surface area (Å²) in [5, 5.41) is 6.76. The molecule has 0 saturated carbocycles. The third-order valence-electron chi connectivity index (χ3n) is 4.34. The standard InChI is InChI=1S/C17H36N4O2S/c1-4-6-7-8-9-16(3)20-17(18-5-2)19-10-11-21-12-14-24(22,23)15-13-21/h16H,4-15H2,1-3H3,(H2,18,19,20). The van der Waals surface area contributed by atoms with Gasteiger partial charge in [0.2, 0.25) is 0 Å². The van der Waals surface area contributed by atoms with Gasteiger partial charge in [0, 0.05) is 32.2 Å². The Hall–Kier alpha value is -0.820. The van der Waals surface area contributed by atoms with E-state index in [1.54, 1.807) is 0 Å². The molecule has 1 unspecified atom stereocenters. The van der Waals surface area contributed by atoms with Crippen LogP contribution in [0.3, 0.4) is 0 Å². The summed E-state index contributed by atoms with van der Waals surface area (Å²) in [7, 11) is -2.80. The van der Waals surface area contributed by atoms with Gasteiger partial charge in [-0.25, -0.2) is 8.42 Å². The van der Waals surface area contributed by atoms with Gasteiger partial charge in [-0.15, -0.1) is 0 Å². The van der Waals surface area contributed by atoms with E-state index in [4.69, 9.17) is 0 Å². The van der Waals surface area contributed by atoms with E-state index in [2.05, 4.69) is 41.3 Å². The Morgan fingerprint density at radius 2 is 1.88 bits per heavy atom. The summed E-state index contributed by atoms with van der Waals surface area (Å²) in [5.74, 6) is 1.43. The number of hydrogen-bond acceptors (Lipinski definition) is 4. The number of unbranched alkanes of at least 4 members (excludes halogenated alkanes) is 3.